The summed E-state index contributed by atoms with van der Waals surface area (Å²) in [6.07, 6.45) is 1.40. The van der Waals surface area contributed by atoms with Crippen LogP contribution < -0.4 is 4.31 Å². The fraction of sp³-hybridized carbons (Fsp3) is 0.440. The van der Waals surface area contributed by atoms with E-state index < -0.39 is 33.5 Å². The van der Waals surface area contributed by atoms with Crippen LogP contribution in [-0.4, -0.2) is 35.6 Å². The van der Waals surface area contributed by atoms with Gasteiger partial charge in [0.05, 0.1) is 16.1 Å². The van der Waals surface area contributed by atoms with Gasteiger partial charge in [0.25, 0.3) is 10.0 Å². The molecule has 2 aromatic carbocycles. The molecule has 1 aromatic heterocycles. The van der Waals surface area contributed by atoms with Crippen molar-refractivity contribution < 1.29 is 22.3 Å². The minimum absolute atomic E-state index is 0.0368. The number of rotatable bonds is 8. The van der Waals surface area contributed by atoms with Crippen LogP contribution in [-0.2, 0) is 32.5 Å². The second-order valence-corrected chi connectivity index (χ2v) is 11.3. The number of halogens is 1. The molecule has 0 saturated heterocycles. The van der Waals surface area contributed by atoms with E-state index in [1.54, 1.807) is 51.3 Å². The van der Waals surface area contributed by atoms with Crippen molar-refractivity contribution in [2.75, 3.05) is 4.31 Å². The number of hydrogen-bond acceptors (Lipinski definition) is 5. The van der Waals surface area contributed by atoms with Crippen LogP contribution in [0.5, 0.6) is 0 Å². The largest absolute Gasteiger partial charge is 0.459 e. The Morgan fingerprint density at radius 2 is 1.85 bits per heavy atom. The van der Waals surface area contributed by atoms with Crippen molar-refractivity contribution in [1.29, 1.82) is 0 Å². The molecule has 0 aliphatic heterocycles. The number of benzene rings is 2. The number of carbonyl (C=O) groups is 1. The summed E-state index contributed by atoms with van der Waals surface area (Å²) in [7, 11) is -4.08. The van der Waals surface area contributed by atoms with Gasteiger partial charge in [0, 0.05) is 12.5 Å². The molecule has 34 heavy (non-hydrogen) atoms. The first-order valence-corrected chi connectivity index (χ1v) is 12.8. The van der Waals surface area contributed by atoms with Gasteiger partial charge in [0.2, 0.25) is 0 Å². The molecule has 0 bridgehead atoms. The number of anilines is 1. The number of aromatic nitrogens is 2. The van der Waals surface area contributed by atoms with Gasteiger partial charge in [-0.3, -0.25) is 9.10 Å². The highest BCUT2D eigenvalue weighted by Gasteiger charge is 2.31. The summed E-state index contributed by atoms with van der Waals surface area (Å²) in [5, 5.41) is 0. The molecule has 0 aliphatic rings. The van der Waals surface area contributed by atoms with Crippen LogP contribution in [0.1, 0.15) is 53.8 Å². The van der Waals surface area contributed by atoms with Crippen molar-refractivity contribution in [3.8, 4) is 0 Å². The normalized spacial score (nSPS) is 12.4. The number of hydrogen-bond donors (Lipinski definition) is 0. The van der Waals surface area contributed by atoms with Crippen molar-refractivity contribution >= 4 is 32.7 Å². The predicted octanol–water partition coefficient (Wildman–Crippen LogP) is 5.07. The summed E-state index contributed by atoms with van der Waals surface area (Å²) >= 11 is 0. The number of sulfonamides is 1. The van der Waals surface area contributed by atoms with E-state index in [0.717, 1.165) is 12.5 Å². The quantitative estimate of drug-likeness (QED) is 0.413. The first-order chi connectivity index (χ1) is 15.8. The fourth-order valence-corrected chi connectivity index (χ4v) is 5.58. The zero-order chi connectivity index (χ0) is 25.3. The molecule has 3 rings (SSSR count). The van der Waals surface area contributed by atoms with Gasteiger partial charge < -0.3 is 9.30 Å². The van der Waals surface area contributed by atoms with E-state index in [0.29, 0.717) is 29.0 Å². The Kier molecular flexibility index (Phi) is 7.35. The highest BCUT2D eigenvalue weighted by Crippen LogP contribution is 2.33. The van der Waals surface area contributed by atoms with Crippen LogP contribution in [0.25, 0.3) is 11.0 Å². The van der Waals surface area contributed by atoms with E-state index >= 15 is 0 Å². The molecule has 1 heterocycles. The molecule has 0 amide bonds. The van der Waals surface area contributed by atoms with E-state index in [4.69, 9.17) is 9.72 Å². The Hall–Kier alpha value is -2.94. The third kappa shape index (κ3) is 5.41. The van der Waals surface area contributed by atoms with Crippen molar-refractivity contribution in [3.05, 3.63) is 54.1 Å². The first kappa shape index (κ1) is 25.7. The van der Waals surface area contributed by atoms with Crippen LogP contribution in [0.2, 0.25) is 0 Å². The smallest absolute Gasteiger partial charge is 0.326 e. The molecular weight excluding hydrogens is 457 g/mol. The third-order valence-corrected chi connectivity index (χ3v) is 7.06. The second-order valence-electron chi connectivity index (χ2n) is 9.45. The van der Waals surface area contributed by atoms with Gasteiger partial charge in [-0.1, -0.05) is 19.1 Å². The van der Waals surface area contributed by atoms with Crippen LogP contribution in [0, 0.1) is 5.82 Å². The molecule has 0 fully saturated rings. The third-order valence-electron chi connectivity index (χ3n) is 5.08. The molecule has 0 N–H and O–H groups in total. The Morgan fingerprint density at radius 1 is 1.18 bits per heavy atom. The summed E-state index contributed by atoms with van der Waals surface area (Å²) in [4.78, 5) is 17.2. The van der Waals surface area contributed by atoms with Crippen LogP contribution in [0.15, 0.2) is 47.4 Å². The van der Waals surface area contributed by atoms with Crippen LogP contribution in [0.4, 0.5) is 10.1 Å². The summed E-state index contributed by atoms with van der Waals surface area (Å²) < 4.78 is 49.5. The Bertz CT molecular complexity index is 1290. The molecular formula is C25H32FN3O4S. The Labute approximate surface area is 200 Å². The molecule has 7 nitrogen and oxygen atoms in total. The first-order valence-electron chi connectivity index (χ1n) is 11.3. The SMILES string of the molecule is CCCc1nc2c(N(C(C)C)S(=O)(=O)c3cccc(F)c3)cccc2n1CC(=O)OC(C)(C)C. The number of para-hydroxylation sites is 1. The van der Waals surface area contributed by atoms with Crippen LogP contribution in [0.3, 0.4) is 0 Å². The van der Waals surface area contributed by atoms with Crippen molar-refractivity contribution in [2.45, 2.75) is 77.5 Å². The summed E-state index contributed by atoms with van der Waals surface area (Å²) in [5.41, 5.74) is 0.837. The summed E-state index contributed by atoms with van der Waals surface area (Å²) in [6, 6.07) is 9.71. The zero-order valence-corrected chi connectivity index (χ0v) is 21.3. The minimum Gasteiger partial charge on any atom is -0.459 e. The molecule has 184 valence electrons. The maximum atomic E-state index is 13.9. The number of carbonyl (C=O) groups excluding carboxylic acids is 1. The average Bonchev–Trinajstić information content (AvgIpc) is 3.04. The molecule has 0 atom stereocenters. The van der Waals surface area contributed by atoms with Gasteiger partial charge in [-0.15, -0.1) is 0 Å². The number of fused-ring (bicyclic) bond motifs is 1. The van der Waals surface area contributed by atoms with Gasteiger partial charge in [-0.2, -0.15) is 0 Å². The Morgan fingerprint density at radius 3 is 2.44 bits per heavy atom. The van der Waals surface area contributed by atoms with Crippen molar-refractivity contribution in [1.82, 2.24) is 9.55 Å². The minimum atomic E-state index is -4.08. The number of esters is 1. The summed E-state index contributed by atoms with van der Waals surface area (Å²) in [6.45, 7) is 10.9. The highest BCUT2D eigenvalue weighted by molar-refractivity contribution is 7.92. The molecule has 0 saturated carbocycles. The average molecular weight is 490 g/mol. The summed E-state index contributed by atoms with van der Waals surface area (Å²) in [5.74, 6) is -0.361. The lowest BCUT2D eigenvalue weighted by Crippen LogP contribution is -2.37. The standard InChI is InChI=1S/C25H32FN3O4S/c1-7-10-22-27-24-20(28(22)16-23(30)33-25(4,5)6)13-9-14-21(24)29(17(2)3)34(31,32)19-12-8-11-18(26)15-19/h8-9,11-15,17H,7,10,16H2,1-6H3. The van der Waals surface area contributed by atoms with Gasteiger partial charge >= 0.3 is 5.97 Å². The van der Waals surface area contributed by atoms with Gasteiger partial charge in [-0.05, 0) is 71.4 Å². The zero-order valence-electron chi connectivity index (χ0n) is 20.5. The lowest BCUT2D eigenvalue weighted by molar-refractivity contribution is -0.155. The lowest BCUT2D eigenvalue weighted by Gasteiger charge is -2.28. The van der Waals surface area contributed by atoms with E-state index in [-0.39, 0.29) is 11.4 Å². The monoisotopic (exact) mass is 489 g/mol. The molecule has 0 unspecified atom stereocenters. The molecule has 0 aliphatic carbocycles. The number of aryl methyl sites for hydroxylation is 1. The van der Waals surface area contributed by atoms with Crippen LogP contribution >= 0.6 is 0 Å². The number of nitrogens with zero attached hydrogens (tertiary/aromatic N) is 3. The van der Waals surface area contributed by atoms with Crippen molar-refractivity contribution in [2.24, 2.45) is 0 Å². The highest BCUT2D eigenvalue weighted by atomic mass is 32.2. The fourth-order valence-electron chi connectivity index (χ4n) is 3.88. The molecule has 0 spiro atoms. The predicted molar refractivity (Wildman–Crippen MR) is 131 cm³/mol. The number of ether oxygens (including phenoxy) is 1. The Balaban J connectivity index is 2.18. The lowest BCUT2D eigenvalue weighted by atomic mass is 10.2. The van der Waals surface area contributed by atoms with Gasteiger partial charge in [0.15, 0.2) is 0 Å². The van der Waals surface area contributed by atoms with Crippen molar-refractivity contribution in [3.63, 3.8) is 0 Å². The second kappa shape index (κ2) is 9.74. The van der Waals surface area contributed by atoms with Gasteiger partial charge in [0.1, 0.15) is 29.3 Å². The van der Waals surface area contributed by atoms with E-state index in [1.165, 1.54) is 22.5 Å². The maximum absolute atomic E-state index is 13.9. The molecule has 9 heteroatoms. The van der Waals surface area contributed by atoms with Gasteiger partial charge in [-0.25, -0.2) is 17.8 Å². The molecule has 0 radical (unpaired) electrons. The van der Waals surface area contributed by atoms with E-state index in [9.17, 15) is 17.6 Å². The van der Waals surface area contributed by atoms with E-state index in [1.807, 2.05) is 13.0 Å². The maximum Gasteiger partial charge on any atom is 0.326 e. The molecule has 3 aromatic rings. The number of imidazole rings is 1. The topological polar surface area (TPSA) is 81.5 Å². The van der Waals surface area contributed by atoms with E-state index in [2.05, 4.69) is 0 Å².